The largest absolute Gasteiger partial charge is 0.335 e. The molecule has 4 heteroatoms. The maximum atomic E-state index is 6.03. The lowest BCUT2D eigenvalue weighted by Gasteiger charge is -2.50. The van der Waals surface area contributed by atoms with Crippen LogP contribution in [-0.4, -0.2) is 23.5 Å². The first-order valence-electron chi connectivity index (χ1n) is 12.1. The van der Waals surface area contributed by atoms with Crippen LogP contribution in [0, 0.1) is 6.92 Å². The summed E-state index contributed by atoms with van der Waals surface area (Å²) < 4.78 is 0. The molecule has 0 radical (unpaired) electrons. The zero-order chi connectivity index (χ0) is 21.5. The zero-order valence-corrected chi connectivity index (χ0v) is 19.3. The van der Waals surface area contributed by atoms with Crippen LogP contribution in [0.2, 0.25) is 0 Å². The Morgan fingerprint density at radius 3 is 1.90 bits per heavy atom. The lowest BCUT2D eigenvalue weighted by atomic mass is 9.93. The average Bonchev–Trinajstić information content (AvgIpc) is 3.46. The van der Waals surface area contributed by atoms with E-state index < -0.39 is 0 Å². The van der Waals surface area contributed by atoms with Crippen LogP contribution in [0.4, 0.5) is 11.4 Å². The van der Waals surface area contributed by atoms with Gasteiger partial charge in [-0.2, -0.15) is 0 Å². The van der Waals surface area contributed by atoms with Crippen molar-refractivity contribution < 1.29 is 4.84 Å². The van der Waals surface area contributed by atoms with E-state index in [1.165, 1.54) is 33.6 Å². The van der Waals surface area contributed by atoms with Crippen LogP contribution in [0.15, 0.2) is 48.8 Å². The van der Waals surface area contributed by atoms with Gasteiger partial charge in [-0.1, -0.05) is 76.4 Å². The molecule has 5 rings (SSSR count). The first kappa shape index (κ1) is 20.6. The monoisotopic (exact) mass is 417 g/mol. The van der Waals surface area contributed by atoms with Crippen LogP contribution in [0.5, 0.6) is 0 Å². The average molecular weight is 418 g/mol. The Morgan fingerprint density at radius 1 is 0.742 bits per heavy atom. The summed E-state index contributed by atoms with van der Waals surface area (Å²) in [6, 6.07) is 13.9. The maximum Gasteiger partial charge on any atom is 0.181 e. The van der Waals surface area contributed by atoms with Crippen molar-refractivity contribution in [2.24, 2.45) is 0 Å². The Bertz CT molecular complexity index is 960. The Kier molecular flexibility index (Phi) is 5.53. The first-order valence-corrected chi connectivity index (χ1v) is 12.1. The molecule has 0 aliphatic carbocycles. The van der Waals surface area contributed by atoms with Crippen molar-refractivity contribution in [2.45, 2.75) is 84.7 Å². The van der Waals surface area contributed by atoms with E-state index in [2.05, 4.69) is 91.4 Å². The highest BCUT2D eigenvalue weighted by Gasteiger charge is 2.68. The van der Waals surface area contributed by atoms with E-state index in [1.807, 2.05) is 0 Å². The van der Waals surface area contributed by atoms with Gasteiger partial charge in [-0.05, 0) is 48.4 Å². The summed E-state index contributed by atoms with van der Waals surface area (Å²) in [6.45, 7) is 9.04. The van der Waals surface area contributed by atoms with Gasteiger partial charge in [0.25, 0.3) is 0 Å². The van der Waals surface area contributed by atoms with E-state index in [4.69, 9.17) is 4.84 Å². The van der Waals surface area contributed by atoms with Gasteiger partial charge < -0.3 is 9.80 Å². The molecular weight excluding hydrogens is 382 g/mol. The summed E-state index contributed by atoms with van der Waals surface area (Å²) in [5.74, 6) is 0. The molecule has 0 amide bonds. The summed E-state index contributed by atoms with van der Waals surface area (Å²) in [5, 5.41) is 2.18. The van der Waals surface area contributed by atoms with Crippen LogP contribution in [0.3, 0.4) is 0 Å². The number of hydrogen-bond acceptors (Lipinski definition) is 4. The van der Waals surface area contributed by atoms with Gasteiger partial charge in [0.2, 0.25) is 0 Å². The molecule has 3 aliphatic heterocycles. The standard InChI is InChI=1S/C27H35N3O/c1-5-10-20-14-8-13-19(4)23(20)28-17-18-29(26-25(28)27-30(26)31-27)24-21(11-6-2)15-9-16-22(24)12-7-3/h8-9,13-18,25-27H,5-7,10-12H2,1-4H3/t25?,26?,27-,30?/m1/s1. The highest BCUT2D eigenvalue weighted by atomic mass is 16.9. The molecule has 2 saturated heterocycles. The van der Waals surface area contributed by atoms with E-state index in [0.717, 1.165) is 38.5 Å². The van der Waals surface area contributed by atoms with E-state index >= 15 is 0 Å². The van der Waals surface area contributed by atoms with Crippen molar-refractivity contribution in [1.82, 2.24) is 5.06 Å². The molecule has 2 fully saturated rings. The van der Waals surface area contributed by atoms with Gasteiger partial charge in [-0.25, -0.2) is 0 Å². The van der Waals surface area contributed by atoms with Crippen LogP contribution in [-0.2, 0) is 24.1 Å². The molecule has 2 aromatic carbocycles. The fourth-order valence-electron chi connectivity index (χ4n) is 5.53. The zero-order valence-electron chi connectivity index (χ0n) is 19.3. The molecule has 2 aromatic rings. The van der Waals surface area contributed by atoms with Crippen molar-refractivity contribution in [3.8, 4) is 0 Å². The first-order chi connectivity index (χ1) is 15.2. The Labute approximate surface area is 187 Å². The number of rotatable bonds is 8. The molecule has 3 heterocycles. The molecule has 0 aromatic heterocycles. The van der Waals surface area contributed by atoms with Gasteiger partial charge in [0.1, 0.15) is 12.2 Å². The van der Waals surface area contributed by atoms with Gasteiger partial charge in [0.15, 0.2) is 6.23 Å². The molecule has 4 nitrogen and oxygen atoms in total. The van der Waals surface area contributed by atoms with Gasteiger partial charge in [0.05, 0.1) is 0 Å². The molecule has 4 atom stereocenters. The third-order valence-corrected chi connectivity index (χ3v) is 6.89. The van der Waals surface area contributed by atoms with E-state index in [1.54, 1.807) is 0 Å². The van der Waals surface area contributed by atoms with Gasteiger partial charge in [-0.15, -0.1) is 5.06 Å². The number of nitrogens with zero attached hydrogens (tertiary/aromatic N) is 3. The normalized spacial score (nSPS) is 25.8. The summed E-state index contributed by atoms with van der Waals surface area (Å²) in [4.78, 5) is 11.0. The Morgan fingerprint density at radius 2 is 1.29 bits per heavy atom. The van der Waals surface area contributed by atoms with Crippen LogP contribution >= 0.6 is 0 Å². The number of hydrogen-bond donors (Lipinski definition) is 0. The van der Waals surface area contributed by atoms with Crippen LogP contribution in [0.1, 0.15) is 62.3 Å². The molecule has 164 valence electrons. The Balaban J connectivity index is 1.57. The molecule has 3 aliphatic rings. The quantitative estimate of drug-likeness (QED) is 0.496. The van der Waals surface area contributed by atoms with Gasteiger partial charge >= 0.3 is 0 Å². The second kappa shape index (κ2) is 8.33. The van der Waals surface area contributed by atoms with Crippen LogP contribution in [0.25, 0.3) is 0 Å². The van der Waals surface area contributed by atoms with Gasteiger partial charge in [0, 0.05) is 23.8 Å². The van der Waals surface area contributed by atoms with E-state index in [0.29, 0.717) is 6.04 Å². The molecule has 0 bridgehead atoms. The third kappa shape index (κ3) is 3.37. The lowest BCUT2D eigenvalue weighted by molar-refractivity contribution is 0.126. The summed E-state index contributed by atoms with van der Waals surface area (Å²) >= 11 is 0. The SMILES string of the molecule is CCCc1cccc(C)c1N1C=CN(c2c(CCC)cccc2CCC)C2C1[C@H]1ON21. The smallest absolute Gasteiger partial charge is 0.181 e. The fraction of sp³-hybridized carbons (Fsp3) is 0.481. The van der Waals surface area contributed by atoms with Crippen molar-refractivity contribution >= 4 is 11.4 Å². The third-order valence-electron chi connectivity index (χ3n) is 6.89. The molecular formula is C27H35N3O. The molecule has 0 saturated carbocycles. The fourth-order valence-corrected chi connectivity index (χ4v) is 5.53. The minimum Gasteiger partial charge on any atom is -0.335 e. The Hall–Kier alpha value is -2.30. The highest BCUT2D eigenvalue weighted by molar-refractivity contribution is 5.69. The molecule has 0 N–H and O–H groups in total. The topological polar surface area (TPSA) is 22.0 Å². The lowest BCUT2D eigenvalue weighted by Crippen LogP contribution is -2.66. The minimum absolute atomic E-state index is 0.208. The van der Waals surface area contributed by atoms with Crippen molar-refractivity contribution in [1.29, 1.82) is 0 Å². The van der Waals surface area contributed by atoms with Gasteiger partial charge in [-0.3, -0.25) is 4.84 Å². The molecule has 0 spiro atoms. The number of hydroxylamine groups is 2. The van der Waals surface area contributed by atoms with Crippen molar-refractivity contribution in [3.05, 3.63) is 71.1 Å². The predicted octanol–water partition coefficient (Wildman–Crippen LogP) is 5.93. The van der Waals surface area contributed by atoms with Crippen molar-refractivity contribution in [3.63, 3.8) is 0 Å². The van der Waals surface area contributed by atoms with E-state index in [-0.39, 0.29) is 12.4 Å². The molecule has 31 heavy (non-hydrogen) atoms. The highest BCUT2D eigenvalue weighted by Crippen LogP contribution is 2.51. The van der Waals surface area contributed by atoms with Crippen LogP contribution < -0.4 is 9.80 Å². The summed E-state index contributed by atoms with van der Waals surface area (Å²) in [5.41, 5.74) is 8.48. The second-order valence-electron chi connectivity index (χ2n) is 9.13. The number of para-hydroxylation sites is 2. The molecule has 3 unspecified atom stereocenters. The summed E-state index contributed by atoms with van der Waals surface area (Å²) in [7, 11) is 0. The van der Waals surface area contributed by atoms with E-state index in [9.17, 15) is 0 Å². The predicted molar refractivity (Wildman–Crippen MR) is 128 cm³/mol. The summed E-state index contributed by atoms with van der Waals surface area (Å²) in [6.07, 6.45) is 11.9. The number of anilines is 2. The minimum atomic E-state index is 0.208. The number of benzene rings is 2. The van der Waals surface area contributed by atoms with Crippen molar-refractivity contribution in [2.75, 3.05) is 9.80 Å². The number of aryl methyl sites for hydroxylation is 4. The maximum absolute atomic E-state index is 6.03. The second-order valence-corrected chi connectivity index (χ2v) is 9.13. The number of fused-ring (bicyclic) bond motifs is 4.